The Hall–Kier alpha value is -3.38. The molecule has 1 saturated carbocycles. The van der Waals surface area contributed by atoms with E-state index in [1.165, 1.54) is 12.0 Å². The quantitative estimate of drug-likeness (QED) is 0.141. The van der Waals surface area contributed by atoms with E-state index >= 15 is 0 Å². The van der Waals surface area contributed by atoms with Crippen LogP contribution >= 0.6 is 15.9 Å². The minimum absolute atomic E-state index is 0.0119. The van der Waals surface area contributed by atoms with Crippen molar-refractivity contribution in [2.45, 2.75) is 180 Å². The average Bonchev–Trinajstić information content (AvgIpc) is 3.33. The Morgan fingerprint density at radius 2 is 1.62 bits per heavy atom. The summed E-state index contributed by atoms with van der Waals surface area (Å²) >= 11 is 3.15. The van der Waals surface area contributed by atoms with Crippen molar-refractivity contribution in [2.75, 3.05) is 33.2 Å². The van der Waals surface area contributed by atoms with Crippen LogP contribution in [0.5, 0.6) is 0 Å². The fourth-order valence-corrected chi connectivity index (χ4v) is 10.6. The number of carbonyl (C=O) groups is 6. The zero-order valence-electron chi connectivity index (χ0n) is 42.6. The van der Waals surface area contributed by atoms with Gasteiger partial charge in [0.05, 0.1) is 24.4 Å². The molecule has 3 aliphatic heterocycles. The molecule has 3 fully saturated rings. The number of aliphatic hydroxyl groups is 2. The maximum atomic E-state index is 14.5. The number of hydrogen-bond donors (Lipinski definition) is 2. The van der Waals surface area contributed by atoms with E-state index in [0.717, 1.165) is 5.57 Å². The molecule has 4 aliphatic rings. The molecule has 1 amide bonds. The van der Waals surface area contributed by atoms with Gasteiger partial charge in [-0.2, -0.15) is 0 Å². The van der Waals surface area contributed by atoms with Crippen LogP contribution in [0.1, 0.15) is 126 Å². The number of hydrogen-bond acceptors (Lipinski definition) is 14. The van der Waals surface area contributed by atoms with Crippen LogP contribution < -0.4 is 0 Å². The lowest BCUT2D eigenvalue weighted by atomic mass is 9.78. The zero-order valence-corrected chi connectivity index (χ0v) is 44.2. The lowest BCUT2D eigenvalue weighted by Gasteiger charge is -2.42. The van der Waals surface area contributed by atoms with Gasteiger partial charge in [-0.15, -0.1) is 0 Å². The highest BCUT2D eigenvalue weighted by Gasteiger charge is 2.53. The molecular weight excluding hydrogens is 954 g/mol. The summed E-state index contributed by atoms with van der Waals surface area (Å²) in [5, 5.41) is 23.5. The van der Waals surface area contributed by atoms with Crippen LogP contribution in [0.25, 0.3) is 0 Å². The van der Waals surface area contributed by atoms with Gasteiger partial charge in [-0.3, -0.25) is 24.0 Å². The highest BCUT2D eigenvalue weighted by atomic mass is 79.9. The number of cyclic esters (lactones) is 1. The molecule has 388 valence electrons. The summed E-state index contributed by atoms with van der Waals surface area (Å²) in [6.45, 7) is 12.7. The molecule has 2 N–H and O–H groups in total. The van der Waals surface area contributed by atoms with Crippen LogP contribution in [0.3, 0.4) is 0 Å². The first-order valence-electron chi connectivity index (χ1n) is 24.9. The van der Waals surface area contributed by atoms with Crippen LogP contribution in [0.2, 0.25) is 0 Å². The summed E-state index contributed by atoms with van der Waals surface area (Å²) in [7, 11) is 4.52. The number of piperidine rings is 1. The number of allylic oxidation sites excluding steroid dienone is 6. The number of methoxy groups -OCH3 is 3. The summed E-state index contributed by atoms with van der Waals surface area (Å²) in [5.41, 5.74) is 1.17. The van der Waals surface area contributed by atoms with E-state index in [0.29, 0.717) is 69.8 Å². The van der Waals surface area contributed by atoms with Crippen LogP contribution in [-0.4, -0.2) is 138 Å². The largest absolute Gasteiger partial charge is 0.460 e. The predicted octanol–water partition coefficient (Wildman–Crippen LogP) is 7.13. The highest BCUT2D eigenvalue weighted by Crippen LogP contribution is 2.38. The minimum atomic E-state index is -2.44. The Kier molecular flexibility index (Phi) is 23.1. The molecule has 0 aromatic rings. The van der Waals surface area contributed by atoms with Gasteiger partial charge in [-0.25, -0.2) is 4.79 Å². The maximum absolute atomic E-state index is 14.5. The number of ketones is 3. The van der Waals surface area contributed by atoms with Gasteiger partial charge in [-0.05, 0) is 107 Å². The Bertz CT molecular complexity index is 1900. The monoisotopic (exact) mass is 1030 g/mol. The molecule has 0 aromatic carbocycles. The van der Waals surface area contributed by atoms with Crippen LogP contribution in [0.15, 0.2) is 47.6 Å². The molecular formula is C53H80BrNO14. The van der Waals surface area contributed by atoms with E-state index in [9.17, 15) is 39.0 Å². The molecule has 3 heterocycles. The fraction of sp³-hybridized carbons (Fsp3) is 0.736. The molecule has 0 spiro atoms. The summed E-state index contributed by atoms with van der Waals surface area (Å²) in [5.74, 6) is -8.55. The number of alkyl halides is 1. The molecule has 15 atom stereocenters. The van der Waals surface area contributed by atoms with Gasteiger partial charge >= 0.3 is 11.9 Å². The summed E-state index contributed by atoms with van der Waals surface area (Å²) < 4.78 is 35.3. The van der Waals surface area contributed by atoms with Crippen LogP contribution in [0, 0.1) is 35.5 Å². The van der Waals surface area contributed by atoms with E-state index in [1.54, 1.807) is 41.1 Å². The Morgan fingerprint density at radius 1 is 0.899 bits per heavy atom. The molecule has 1 aliphatic carbocycles. The van der Waals surface area contributed by atoms with Crippen molar-refractivity contribution < 1.29 is 67.4 Å². The lowest BCUT2D eigenvalue weighted by Crippen LogP contribution is -2.61. The smallest absolute Gasteiger partial charge is 0.329 e. The standard InChI is InChI=1S/C53H80BrNO14/c1-31-16-12-11-13-17-32(2)43(64-8)28-39-21-19-37(7)53(63,69-39)50(60)51(61)55-23-15-14-18-40(55)52(62)68-44(34(4)26-38-20-22-42(45(27-38)65-9)67-46(57)30-54)29-41(56)33(3)25-36(6)48(59)49(66-10)47(58)35(5)24-31/h11-13,16-17,25,31,34-40,42-45,48-49,59,63H,14-15,18-24,26-30H2,1-10H3/b13-11?,16-12?,32-17?,33-25+/t31?,34-,35+,36?,37+,38-,39-,40?,42+,43-,44-,45+,48+,49?,53+/m0/s1. The number of halogens is 1. The van der Waals surface area contributed by atoms with Crippen molar-refractivity contribution in [3.63, 3.8) is 0 Å². The van der Waals surface area contributed by atoms with Crippen LogP contribution in [0.4, 0.5) is 0 Å². The number of esters is 2. The van der Waals surface area contributed by atoms with Crippen molar-refractivity contribution in [3.05, 3.63) is 47.6 Å². The minimum Gasteiger partial charge on any atom is -0.460 e. The summed E-state index contributed by atoms with van der Waals surface area (Å²) in [4.78, 5) is 84.3. The second-order valence-corrected chi connectivity index (χ2v) is 20.8. The third-order valence-corrected chi connectivity index (χ3v) is 15.3. The van der Waals surface area contributed by atoms with E-state index in [1.807, 2.05) is 58.1 Å². The molecule has 16 heteroatoms. The lowest BCUT2D eigenvalue weighted by molar-refractivity contribution is -0.265. The first kappa shape index (κ1) is 58.2. The highest BCUT2D eigenvalue weighted by molar-refractivity contribution is 9.09. The van der Waals surface area contributed by atoms with Crippen LogP contribution in [-0.2, 0) is 57.2 Å². The Morgan fingerprint density at radius 3 is 2.29 bits per heavy atom. The number of ether oxygens (including phenoxy) is 6. The van der Waals surface area contributed by atoms with Crippen molar-refractivity contribution >= 4 is 51.1 Å². The van der Waals surface area contributed by atoms with Gasteiger partial charge in [0.2, 0.25) is 5.79 Å². The molecule has 69 heavy (non-hydrogen) atoms. The molecule has 4 rings (SSSR count). The number of fused-ring (bicyclic) bond motifs is 3. The molecule has 0 aromatic heterocycles. The first-order chi connectivity index (χ1) is 32.7. The molecule has 2 saturated heterocycles. The number of aliphatic hydroxyl groups excluding tert-OH is 1. The summed E-state index contributed by atoms with van der Waals surface area (Å²) in [6, 6.07) is -1.17. The fourth-order valence-electron chi connectivity index (χ4n) is 10.5. The van der Waals surface area contributed by atoms with E-state index in [4.69, 9.17) is 28.4 Å². The third-order valence-electron chi connectivity index (χ3n) is 14.9. The second-order valence-electron chi connectivity index (χ2n) is 20.2. The van der Waals surface area contributed by atoms with Gasteiger partial charge in [0.25, 0.3) is 11.7 Å². The van der Waals surface area contributed by atoms with Crippen molar-refractivity contribution in [3.8, 4) is 0 Å². The topological polar surface area (TPSA) is 201 Å². The Labute approximate surface area is 418 Å². The van der Waals surface area contributed by atoms with Gasteiger partial charge in [-0.1, -0.05) is 87.0 Å². The number of amides is 1. The molecule has 2 bridgehead atoms. The normalized spacial score (nSPS) is 37.0. The maximum Gasteiger partial charge on any atom is 0.329 e. The Balaban J connectivity index is 1.70. The number of nitrogens with zero attached hydrogens (tertiary/aromatic N) is 1. The van der Waals surface area contributed by atoms with Crippen molar-refractivity contribution in [1.82, 2.24) is 4.90 Å². The second kappa shape index (κ2) is 27.4. The number of Topliss-reactive ketones (excluding diaryl/α,β-unsaturated/α-hetero) is 3. The van der Waals surface area contributed by atoms with E-state index < -0.39 is 83.9 Å². The SMILES string of the molecule is COC1C(=O)[C@H](C)CC(C)C=CC=CC=C(C)[C@@H](OC)C[C@@H]2CC[C@@H](C)[C@@](O)(O2)C(=O)C(=O)N2CCCCC2C(=O)O[C@H]([C@@H](C)C[C@@H]2CC[C@@H](OC(=O)CBr)[C@H](OC)C2)CC(=O)/C(C)=C/C(C)[C@H]1O. The van der Waals surface area contributed by atoms with Gasteiger partial charge in [0.15, 0.2) is 11.6 Å². The first-order valence-corrected chi connectivity index (χ1v) is 26.1. The van der Waals surface area contributed by atoms with Crippen molar-refractivity contribution in [1.29, 1.82) is 0 Å². The molecule has 0 radical (unpaired) electrons. The van der Waals surface area contributed by atoms with Crippen molar-refractivity contribution in [2.24, 2.45) is 35.5 Å². The third kappa shape index (κ3) is 15.8. The van der Waals surface area contributed by atoms with Gasteiger partial charge in [0, 0.05) is 58.5 Å². The number of rotatable bonds is 8. The predicted molar refractivity (Wildman–Crippen MR) is 263 cm³/mol. The summed E-state index contributed by atoms with van der Waals surface area (Å²) in [6.07, 6.45) is 11.1. The van der Waals surface area contributed by atoms with Gasteiger partial charge in [0.1, 0.15) is 29.7 Å². The molecule has 15 nitrogen and oxygen atoms in total. The van der Waals surface area contributed by atoms with E-state index in [2.05, 4.69) is 15.9 Å². The van der Waals surface area contributed by atoms with Gasteiger partial charge < -0.3 is 43.5 Å². The number of carbonyl (C=O) groups excluding carboxylic acids is 6. The molecule has 4 unspecified atom stereocenters. The average molecular weight is 1040 g/mol. The van der Waals surface area contributed by atoms with E-state index in [-0.39, 0.29) is 66.1 Å². The zero-order chi connectivity index (χ0) is 51.2.